The van der Waals surface area contributed by atoms with Crippen molar-refractivity contribution in [3.05, 3.63) is 60.3 Å². The lowest BCUT2D eigenvalue weighted by Gasteiger charge is -1.99. The largest absolute Gasteiger partial charge is 0.465 e. The van der Waals surface area contributed by atoms with Crippen molar-refractivity contribution in [2.75, 3.05) is 0 Å². The molecule has 20 heavy (non-hydrogen) atoms. The molecule has 2 aromatic heterocycles. The molecule has 0 aliphatic carbocycles. The summed E-state index contributed by atoms with van der Waals surface area (Å²) in [7, 11) is 0. The van der Waals surface area contributed by atoms with Gasteiger partial charge in [0.05, 0.1) is 12.0 Å². The van der Waals surface area contributed by atoms with Gasteiger partial charge < -0.3 is 14.9 Å². The van der Waals surface area contributed by atoms with Gasteiger partial charge in [-0.1, -0.05) is 18.2 Å². The summed E-state index contributed by atoms with van der Waals surface area (Å²) < 4.78 is 12.4. The average Bonchev–Trinajstić information content (AvgIpc) is 3.15. The highest BCUT2D eigenvalue weighted by molar-refractivity contribution is 5.29. The van der Waals surface area contributed by atoms with Gasteiger partial charge in [-0.15, -0.1) is 5.10 Å². The maximum atomic E-state index is 5.51. The Morgan fingerprint density at radius 1 is 1.25 bits per heavy atom. The van der Waals surface area contributed by atoms with E-state index in [9.17, 15) is 0 Å². The fraction of sp³-hybridized carbons (Fsp3) is 0.143. The molecule has 3 rings (SSSR count). The molecule has 0 bridgehead atoms. The quantitative estimate of drug-likeness (QED) is 0.766. The third kappa shape index (κ3) is 2.70. The van der Waals surface area contributed by atoms with Gasteiger partial charge in [-0.3, -0.25) is 0 Å². The first-order chi connectivity index (χ1) is 9.85. The normalized spacial score (nSPS) is 10.7. The van der Waals surface area contributed by atoms with Crippen molar-refractivity contribution in [3.63, 3.8) is 0 Å². The zero-order valence-electron chi connectivity index (χ0n) is 10.8. The smallest absolute Gasteiger partial charge is 0.336 e. The Kier molecular flexibility index (Phi) is 3.47. The zero-order chi connectivity index (χ0) is 13.8. The highest BCUT2D eigenvalue weighted by Gasteiger charge is 2.06. The summed E-state index contributed by atoms with van der Waals surface area (Å²) in [5, 5.41) is 4.24. The van der Waals surface area contributed by atoms with Gasteiger partial charge in [-0.05, 0) is 18.2 Å². The number of nitrogens with zero attached hydrogens (tertiary/aromatic N) is 3. The Morgan fingerprint density at radius 2 is 2.10 bits per heavy atom. The molecular formula is C14H14N4O2. The first kappa shape index (κ1) is 12.4. The Labute approximate surface area is 115 Å². The molecule has 6 heteroatoms. The first-order valence-electron chi connectivity index (χ1n) is 6.21. The van der Waals surface area contributed by atoms with Crippen LogP contribution in [-0.2, 0) is 13.2 Å². The van der Waals surface area contributed by atoms with E-state index in [1.54, 1.807) is 17.3 Å². The molecule has 2 heterocycles. The van der Waals surface area contributed by atoms with Gasteiger partial charge in [-0.2, -0.15) is 4.98 Å². The SMILES string of the molecule is NCc1coc(COc2ncn(-c3ccccc3)n2)c1. The van der Waals surface area contributed by atoms with Gasteiger partial charge in [0.25, 0.3) is 0 Å². The predicted molar refractivity (Wildman–Crippen MR) is 72.3 cm³/mol. The summed E-state index contributed by atoms with van der Waals surface area (Å²) in [5.41, 5.74) is 7.37. The Bertz CT molecular complexity index is 675. The van der Waals surface area contributed by atoms with Crippen molar-refractivity contribution >= 4 is 0 Å². The van der Waals surface area contributed by atoms with Crippen molar-refractivity contribution < 1.29 is 9.15 Å². The highest BCUT2D eigenvalue weighted by Crippen LogP contribution is 2.12. The van der Waals surface area contributed by atoms with E-state index < -0.39 is 0 Å². The fourth-order valence-corrected chi connectivity index (χ4v) is 1.76. The Balaban J connectivity index is 1.65. The molecule has 0 spiro atoms. The van der Waals surface area contributed by atoms with Crippen molar-refractivity contribution in [3.8, 4) is 11.7 Å². The van der Waals surface area contributed by atoms with Crippen LogP contribution in [0.1, 0.15) is 11.3 Å². The van der Waals surface area contributed by atoms with Gasteiger partial charge in [0.2, 0.25) is 0 Å². The molecule has 0 atom stereocenters. The molecule has 0 saturated carbocycles. The van der Waals surface area contributed by atoms with Crippen molar-refractivity contribution in [2.45, 2.75) is 13.2 Å². The van der Waals surface area contributed by atoms with Crippen LogP contribution in [0.4, 0.5) is 0 Å². The third-order valence-corrected chi connectivity index (χ3v) is 2.78. The van der Waals surface area contributed by atoms with Crippen LogP contribution in [0.2, 0.25) is 0 Å². The second-order valence-electron chi connectivity index (χ2n) is 4.22. The number of furan rings is 1. The molecule has 0 radical (unpaired) electrons. The molecule has 0 aliphatic heterocycles. The fourth-order valence-electron chi connectivity index (χ4n) is 1.76. The molecule has 102 valence electrons. The summed E-state index contributed by atoms with van der Waals surface area (Å²) in [5.74, 6) is 0.696. The van der Waals surface area contributed by atoms with E-state index in [-0.39, 0.29) is 6.61 Å². The lowest BCUT2D eigenvalue weighted by atomic mass is 10.3. The summed E-state index contributed by atoms with van der Waals surface area (Å²) >= 11 is 0. The van der Waals surface area contributed by atoms with E-state index >= 15 is 0 Å². The second-order valence-corrected chi connectivity index (χ2v) is 4.22. The molecule has 0 saturated heterocycles. The summed E-state index contributed by atoms with van der Waals surface area (Å²) in [6, 6.07) is 11.9. The topological polar surface area (TPSA) is 79.1 Å². The zero-order valence-corrected chi connectivity index (χ0v) is 10.8. The van der Waals surface area contributed by atoms with Crippen molar-refractivity contribution in [1.29, 1.82) is 0 Å². The van der Waals surface area contributed by atoms with Gasteiger partial charge in [0, 0.05) is 12.1 Å². The van der Waals surface area contributed by atoms with Gasteiger partial charge in [0.1, 0.15) is 18.7 Å². The monoisotopic (exact) mass is 270 g/mol. The molecule has 6 nitrogen and oxygen atoms in total. The number of ether oxygens (including phenoxy) is 1. The lowest BCUT2D eigenvalue weighted by Crippen LogP contribution is -1.98. The molecule has 3 aromatic rings. The molecule has 0 aliphatic rings. The summed E-state index contributed by atoms with van der Waals surface area (Å²) in [4.78, 5) is 4.10. The maximum Gasteiger partial charge on any atom is 0.336 e. The van der Waals surface area contributed by atoms with E-state index in [2.05, 4.69) is 10.1 Å². The number of hydrogen-bond donors (Lipinski definition) is 1. The van der Waals surface area contributed by atoms with E-state index in [4.69, 9.17) is 14.9 Å². The minimum absolute atomic E-state index is 0.277. The molecular weight excluding hydrogens is 256 g/mol. The molecule has 1 aromatic carbocycles. The maximum absolute atomic E-state index is 5.51. The van der Waals surface area contributed by atoms with Crippen LogP contribution in [0, 0.1) is 0 Å². The van der Waals surface area contributed by atoms with Gasteiger partial charge >= 0.3 is 6.01 Å². The standard InChI is InChI=1S/C14H14N4O2/c15-7-11-6-13(19-8-11)9-20-14-16-10-18(17-14)12-4-2-1-3-5-12/h1-6,8,10H,7,9,15H2. The Morgan fingerprint density at radius 3 is 2.85 bits per heavy atom. The predicted octanol–water partition coefficient (Wildman–Crippen LogP) is 1.90. The van der Waals surface area contributed by atoms with E-state index in [0.29, 0.717) is 18.3 Å². The molecule has 0 amide bonds. The summed E-state index contributed by atoms with van der Waals surface area (Å²) in [6.45, 7) is 0.725. The van der Waals surface area contributed by atoms with Crippen LogP contribution in [-0.4, -0.2) is 14.8 Å². The minimum atomic E-state index is 0.277. The molecule has 2 N–H and O–H groups in total. The summed E-state index contributed by atoms with van der Waals surface area (Å²) in [6.07, 6.45) is 3.23. The van der Waals surface area contributed by atoms with Crippen LogP contribution in [0.15, 0.2) is 53.4 Å². The molecule has 0 unspecified atom stereocenters. The van der Waals surface area contributed by atoms with E-state index in [1.807, 2.05) is 36.4 Å². The van der Waals surface area contributed by atoms with Crippen LogP contribution in [0.25, 0.3) is 5.69 Å². The van der Waals surface area contributed by atoms with Crippen LogP contribution < -0.4 is 10.5 Å². The average molecular weight is 270 g/mol. The van der Waals surface area contributed by atoms with Crippen LogP contribution in [0.5, 0.6) is 6.01 Å². The first-order valence-corrected chi connectivity index (χ1v) is 6.21. The van der Waals surface area contributed by atoms with E-state index in [1.165, 1.54) is 0 Å². The highest BCUT2D eigenvalue weighted by atomic mass is 16.5. The van der Waals surface area contributed by atoms with Crippen molar-refractivity contribution in [1.82, 2.24) is 14.8 Å². The molecule has 0 fully saturated rings. The van der Waals surface area contributed by atoms with Crippen molar-refractivity contribution in [2.24, 2.45) is 5.73 Å². The third-order valence-electron chi connectivity index (χ3n) is 2.78. The second kappa shape index (κ2) is 5.58. The number of para-hydroxylation sites is 1. The number of rotatable bonds is 5. The Hall–Kier alpha value is -2.60. The number of nitrogens with two attached hydrogens (primary N) is 1. The van der Waals surface area contributed by atoms with Gasteiger partial charge in [0.15, 0.2) is 0 Å². The minimum Gasteiger partial charge on any atom is -0.465 e. The van der Waals surface area contributed by atoms with Crippen LogP contribution >= 0.6 is 0 Å². The van der Waals surface area contributed by atoms with E-state index in [0.717, 1.165) is 11.3 Å². The number of benzene rings is 1. The number of aromatic nitrogens is 3. The lowest BCUT2D eigenvalue weighted by molar-refractivity contribution is 0.250. The van der Waals surface area contributed by atoms with Crippen LogP contribution in [0.3, 0.4) is 0 Å². The number of hydrogen-bond acceptors (Lipinski definition) is 5. The van der Waals surface area contributed by atoms with Gasteiger partial charge in [-0.25, -0.2) is 4.68 Å².